The van der Waals surface area contributed by atoms with Crippen molar-refractivity contribution in [2.75, 3.05) is 7.11 Å². The standard InChI is InChI=1S/C14H13NO3/c1-17-10-5-4-6-11(9-10)18-13-8-3-2-7-12(13)14(15)16/h2-9H,1H3,(H2,15,16). The highest BCUT2D eigenvalue weighted by atomic mass is 16.5. The molecule has 0 aliphatic heterocycles. The summed E-state index contributed by atoms with van der Waals surface area (Å²) in [6.07, 6.45) is 0. The predicted molar refractivity (Wildman–Crippen MR) is 68.0 cm³/mol. The summed E-state index contributed by atoms with van der Waals surface area (Å²) >= 11 is 0. The molecule has 2 aromatic rings. The Morgan fingerprint density at radius 3 is 2.50 bits per heavy atom. The molecular weight excluding hydrogens is 230 g/mol. The van der Waals surface area contributed by atoms with Crippen molar-refractivity contribution in [3.63, 3.8) is 0 Å². The molecule has 4 nitrogen and oxygen atoms in total. The Morgan fingerprint density at radius 1 is 1.06 bits per heavy atom. The Morgan fingerprint density at radius 2 is 1.78 bits per heavy atom. The number of hydrogen-bond acceptors (Lipinski definition) is 3. The molecule has 2 N–H and O–H groups in total. The van der Waals surface area contributed by atoms with Gasteiger partial charge in [0.2, 0.25) is 0 Å². The number of methoxy groups -OCH3 is 1. The molecule has 1 amide bonds. The van der Waals surface area contributed by atoms with Crippen molar-refractivity contribution in [3.8, 4) is 17.2 Å². The number of amides is 1. The zero-order valence-corrected chi connectivity index (χ0v) is 9.92. The molecular formula is C14H13NO3. The van der Waals surface area contributed by atoms with Gasteiger partial charge in [-0.2, -0.15) is 0 Å². The molecule has 0 aromatic heterocycles. The molecule has 0 atom stereocenters. The number of carbonyl (C=O) groups is 1. The van der Waals surface area contributed by atoms with Crippen molar-refractivity contribution in [2.24, 2.45) is 5.73 Å². The molecule has 0 spiro atoms. The predicted octanol–water partition coefficient (Wildman–Crippen LogP) is 2.59. The van der Waals surface area contributed by atoms with Crippen molar-refractivity contribution >= 4 is 5.91 Å². The Bertz CT molecular complexity index is 566. The van der Waals surface area contributed by atoms with Crippen molar-refractivity contribution in [1.29, 1.82) is 0 Å². The topological polar surface area (TPSA) is 61.6 Å². The smallest absolute Gasteiger partial charge is 0.252 e. The number of primary amides is 1. The third-order valence-electron chi connectivity index (χ3n) is 2.42. The molecule has 2 aromatic carbocycles. The van der Waals surface area contributed by atoms with Crippen LogP contribution in [0.1, 0.15) is 10.4 Å². The van der Waals surface area contributed by atoms with Crippen LogP contribution in [0.25, 0.3) is 0 Å². The van der Waals surface area contributed by atoms with Gasteiger partial charge >= 0.3 is 0 Å². The first-order valence-corrected chi connectivity index (χ1v) is 5.41. The van der Waals surface area contributed by atoms with Crippen molar-refractivity contribution < 1.29 is 14.3 Å². The van der Waals surface area contributed by atoms with Gasteiger partial charge in [0, 0.05) is 6.07 Å². The number of hydrogen-bond donors (Lipinski definition) is 1. The van der Waals surface area contributed by atoms with Crippen LogP contribution in [0.2, 0.25) is 0 Å². The van der Waals surface area contributed by atoms with Crippen LogP contribution >= 0.6 is 0 Å². The second kappa shape index (κ2) is 5.23. The number of para-hydroxylation sites is 1. The maximum Gasteiger partial charge on any atom is 0.252 e. The fraction of sp³-hybridized carbons (Fsp3) is 0.0714. The monoisotopic (exact) mass is 243 g/mol. The normalized spacial score (nSPS) is 9.83. The number of rotatable bonds is 4. The average Bonchev–Trinajstić information content (AvgIpc) is 2.39. The minimum absolute atomic E-state index is 0.348. The highest BCUT2D eigenvalue weighted by Crippen LogP contribution is 2.27. The first-order valence-electron chi connectivity index (χ1n) is 5.41. The van der Waals surface area contributed by atoms with Gasteiger partial charge in [0.15, 0.2) is 0 Å². The average molecular weight is 243 g/mol. The zero-order valence-electron chi connectivity index (χ0n) is 9.92. The molecule has 0 saturated heterocycles. The van der Waals surface area contributed by atoms with Gasteiger partial charge in [0.1, 0.15) is 17.2 Å². The van der Waals surface area contributed by atoms with E-state index in [1.54, 1.807) is 49.6 Å². The van der Waals surface area contributed by atoms with Gasteiger partial charge in [-0.3, -0.25) is 4.79 Å². The third kappa shape index (κ3) is 2.60. The Hall–Kier alpha value is -2.49. The molecule has 4 heteroatoms. The van der Waals surface area contributed by atoms with Crippen molar-refractivity contribution in [3.05, 3.63) is 54.1 Å². The molecule has 0 saturated carbocycles. The fourth-order valence-corrected chi connectivity index (χ4v) is 1.55. The highest BCUT2D eigenvalue weighted by Gasteiger charge is 2.09. The lowest BCUT2D eigenvalue weighted by atomic mass is 10.2. The van der Waals surface area contributed by atoms with Crippen LogP contribution < -0.4 is 15.2 Å². The number of benzene rings is 2. The fourth-order valence-electron chi connectivity index (χ4n) is 1.55. The molecule has 0 bridgehead atoms. The number of nitrogens with two attached hydrogens (primary N) is 1. The van der Waals surface area contributed by atoms with E-state index in [-0.39, 0.29) is 0 Å². The zero-order chi connectivity index (χ0) is 13.0. The van der Waals surface area contributed by atoms with Gasteiger partial charge in [-0.05, 0) is 24.3 Å². The van der Waals surface area contributed by atoms with E-state index in [4.69, 9.17) is 15.2 Å². The van der Waals surface area contributed by atoms with Gasteiger partial charge in [-0.15, -0.1) is 0 Å². The Labute approximate surface area is 105 Å². The quantitative estimate of drug-likeness (QED) is 0.897. The summed E-state index contributed by atoms with van der Waals surface area (Å²) in [6, 6.07) is 14.0. The summed E-state index contributed by atoms with van der Waals surface area (Å²) in [5.74, 6) is 1.18. The SMILES string of the molecule is COc1cccc(Oc2ccccc2C(N)=O)c1. The van der Waals surface area contributed by atoms with E-state index in [1.165, 1.54) is 0 Å². The molecule has 0 aliphatic rings. The summed E-state index contributed by atoms with van der Waals surface area (Å²) in [5.41, 5.74) is 5.63. The highest BCUT2D eigenvalue weighted by molar-refractivity contribution is 5.95. The molecule has 0 unspecified atom stereocenters. The first kappa shape index (κ1) is 12.0. The third-order valence-corrected chi connectivity index (χ3v) is 2.42. The van der Waals surface area contributed by atoms with E-state index in [0.717, 1.165) is 0 Å². The van der Waals surface area contributed by atoms with Crippen molar-refractivity contribution in [2.45, 2.75) is 0 Å². The van der Waals surface area contributed by atoms with E-state index in [1.807, 2.05) is 6.07 Å². The maximum atomic E-state index is 11.3. The summed E-state index contributed by atoms with van der Waals surface area (Å²) in [5, 5.41) is 0. The Kier molecular flexibility index (Phi) is 3.48. The number of carbonyl (C=O) groups excluding carboxylic acids is 1. The lowest BCUT2D eigenvalue weighted by Crippen LogP contribution is -2.11. The molecule has 18 heavy (non-hydrogen) atoms. The maximum absolute atomic E-state index is 11.3. The van der Waals surface area contributed by atoms with Gasteiger partial charge in [0.25, 0.3) is 5.91 Å². The van der Waals surface area contributed by atoms with Crippen LogP contribution in [0.5, 0.6) is 17.2 Å². The van der Waals surface area contributed by atoms with E-state index in [9.17, 15) is 4.79 Å². The van der Waals surface area contributed by atoms with E-state index in [0.29, 0.717) is 22.8 Å². The first-order chi connectivity index (χ1) is 8.70. The van der Waals surface area contributed by atoms with Crippen molar-refractivity contribution in [1.82, 2.24) is 0 Å². The summed E-state index contributed by atoms with van der Waals surface area (Å²) in [7, 11) is 1.58. The van der Waals surface area contributed by atoms with Crippen LogP contribution in [-0.2, 0) is 0 Å². The molecule has 92 valence electrons. The molecule has 0 heterocycles. The lowest BCUT2D eigenvalue weighted by Gasteiger charge is -2.09. The van der Waals surface area contributed by atoms with E-state index < -0.39 is 5.91 Å². The van der Waals surface area contributed by atoms with Crippen LogP contribution in [0.4, 0.5) is 0 Å². The molecule has 0 radical (unpaired) electrons. The van der Waals surface area contributed by atoms with Gasteiger partial charge in [-0.25, -0.2) is 0 Å². The summed E-state index contributed by atoms with van der Waals surface area (Å²) < 4.78 is 10.7. The molecule has 0 fully saturated rings. The van der Waals surface area contributed by atoms with Crippen LogP contribution in [0, 0.1) is 0 Å². The van der Waals surface area contributed by atoms with E-state index in [2.05, 4.69) is 0 Å². The summed E-state index contributed by atoms with van der Waals surface area (Å²) in [6.45, 7) is 0. The molecule has 2 rings (SSSR count). The van der Waals surface area contributed by atoms with Gasteiger partial charge in [0.05, 0.1) is 12.7 Å². The second-order valence-electron chi connectivity index (χ2n) is 3.64. The Balaban J connectivity index is 2.31. The minimum atomic E-state index is -0.520. The van der Waals surface area contributed by atoms with Crippen LogP contribution in [0.15, 0.2) is 48.5 Å². The van der Waals surface area contributed by atoms with Gasteiger partial charge < -0.3 is 15.2 Å². The minimum Gasteiger partial charge on any atom is -0.497 e. The lowest BCUT2D eigenvalue weighted by molar-refractivity contribution is 0.0998. The van der Waals surface area contributed by atoms with Gasteiger partial charge in [-0.1, -0.05) is 18.2 Å². The van der Waals surface area contributed by atoms with Crippen LogP contribution in [-0.4, -0.2) is 13.0 Å². The number of ether oxygens (including phenoxy) is 2. The van der Waals surface area contributed by atoms with E-state index >= 15 is 0 Å². The molecule has 0 aliphatic carbocycles. The van der Waals surface area contributed by atoms with Crippen LogP contribution in [0.3, 0.4) is 0 Å². The largest absolute Gasteiger partial charge is 0.497 e. The summed E-state index contributed by atoms with van der Waals surface area (Å²) in [4.78, 5) is 11.3. The second-order valence-corrected chi connectivity index (χ2v) is 3.64.